The monoisotopic (exact) mass is 406 g/mol. The van der Waals surface area contributed by atoms with Gasteiger partial charge < -0.3 is 14.8 Å². The zero-order valence-electron chi connectivity index (χ0n) is 16.2. The second kappa shape index (κ2) is 10.6. The predicted octanol–water partition coefficient (Wildman–Crippen LogP) is 3.81. The Morgan fingerprint density at radius 1 is 0.800 bits per heavy atom. The summed E-state index contributed by atoms with van der Waals surface area (Å²) >= 11 is 0. The van der Waals surface area contributed by atoms with E-state index in [1.165, 1.54) is 6.07 Å². The van der Waals surface area contributed by atoms with E-state index in [2.05, 4.69) is 5.32 Å². The molecule has 0 bridgehead atoms. The molecule has 0 saturated heterocycles. The van der Waals surface area contributed by atoms with Crippen molar-refractivity contribution in [3.8, 4) is 5.75 Å². The van der Waals surface area contributed by atoms with Crippen LogP contribution in [0, 0.1) is 0 Å². The minimum atomic E-state index is -0.681. The maximum Gasteiger partial charge on any atom is 0.407 e. The van der Waals surface area contributed by atoms with Crippen molar-refractivity contribution in [3.63, 3.8) is 0 Å². The molecular weight excluding hydrogens is 384 g/mol. The lowest BCUT2D eigenvalue weighted by molar-refractivity contribution is 0.0701. The maximum absolute atomic E-state index is 11.9. The normalized spacial score (nSPS) is 10.2. The molecule has 0 aliphatic heterocycles. The molecule has 3 aromatic carbocycles. The molecule has 0 heterocycles. The van der Waals surface area contributed by atoms with Crippen molar-refractivity contribution in [2.24, 2.45) is 0 Å². The molecule has 30 heavy (non-hydrogen) atoms. The molecule has 0 saturated carbocycles. The molecule has 7 heteroatoms. The van der Waals surface area contributed by atoms with Gasteiger partial charge in [0.25, 0.3) is 5.91 Å². The largest absolute Gasteiger partial charge is 0.488 e. The second-order valence-corrected chi connectivity index (χ2v) is 6.46. The minimum absolute atomic E-state index is 0.174. The molecule has 0 atom stereocenters. The molecule has 0 aliphatic carbocycles. The third-order valence-corrected chi connectivity index (χ3v) is 4.28. The molecule has 0 aliphatic rings. The van der Waals surface area contributed by atoms with Gasteiger partial charge in [-0.1, -0.05) is 66.7 Å². The zero-order valence-corrected chi connectivity index (χ0v) is 16.2. The van der Waals surface area contributed by atoms with Crippen LogP contribution in [0.25, 0.3) is 0 Å². The van der Waals surface area contributed by atoms with E-state index in [0.717, 1.165) is 11.1 Å². The Hall–Kier alpha value is -3.84. The Balaban J connectivity index is 1.61. The van der Waals surface area contributed by atoms with Gasteiger partial charge in [-0.2, -0.15) is 0 Å². The zero-order chi connectivity index (χ0) is 21.2. The van der Waals surface area contributed by atoms with Crippen LogP contribution in [0.3, 0.4) is 0 Å². The summed E-state index contributed by atoms with van der Waals surface area (Å²) in [5, 5.41) is 11.6. The third-order valence-electron chi connectivity index (χ3n) is 4.28. The SMILES string of the molecule is O=C(NCc1ccc(C(=O)NO)c(OCc2ccccc2)c1)OCc1ccccc1. The highest BCUT2D eigenvalue weighted by Crippen LogP contribution is 2.22. The number of hydrogen-bond acceptors (Lipinski definition) is 5. The van der Waals surface area contributed by atoms with Gasteiger partial charge in [-0.25, -0.2) is 10.3 Å². The Bertz CT molecular complexity index is 977. The van der Waals surface area contributed by atoms with Crippen molar-refractivity contribution < 1.29 is 24.3 Å². The van der Waals surface area contributed by atoms with Gasteiger partial charge >= 0.3 is 6.09 Å². The van der Waals surface area contributed by atoms with Crippen molar-refractivity contribution >= 4 is 12.0 Å². The lowest BCUT2D eigenvalue weighted by atomic mass is 10.1. The van der Waals surface area contributed by atoms with Crippen molar-refractivity contribution in [1.29, 1.82) is 0 Å². The van der Waals surface area contributed by atoms with Gasteiger partial charge in [-0.05, 0) is 28.8 Å². The van der Waals surface area contributed by atoms with Crippen molar-refractivity contribution in [2.75, 3.05) is 0 Å². The number of benzene rings is 3. The van der Waals surface area contributed by atoms with Gasteiger partial charge in [0, 0.05) is 6.54 Å². The van der Waals surface area contributed by atoms with Crippen LogP contribution in [0.2, 0.25) is 0 Å². The van der Waals surface area contributed by atoms with E-state index in [0.29, 0.717) is 11.3 Å². The molecule has 3 aromatic rings. The highest BCUT2D eigenvalue weighted by atomic mass is 16.5. The standard InChI is InChI=1S/C23H22N2O5/c26-22(25-28)20-12-11-19(13-21(20)29-15-17-7-3-1-4-8-17)14-24-23(27)30-16-18-9-5-2-6-10-18/h1-13,28H,14-16H2,(H,24,27)(H,25,26). The number of alkyl carbamates (subject to hydrolysis) is 1. The summed E-state index contributed by atoms with van der Waals surface area (Å²) < 4.78 is 11.0. The van der Waals surface area contributed by atoms with E-state index >= 15 is 0 Å². The Morgan fingerprint density at radius 3 is 2.07 bits per heavy atom. The predicted molar refractivity (Wildman–Crippen MR) is 110 cm³/mol. The first-order valence-corrected chi connectivity index (χ1v) is 9.34. The summed E-state index contributed by atoms with van der Waals surface area (Å²) in [7, 11) is 0. The molecule has 7 nitrogen and oxygen atoms in total. The van der Waals surface area contributed by atoms with Crippen LogP contribution in [-0.2, 0) is 24.5 Å². The summed E-state index contributed by atoms with van der Waals surface area (Å²) in [5.41, 5.74) is 4.33. The highest BCUT2D eigenvalue weighted by molar-refractivity contribution is 5.96. The first-order valence-electron chi connectivity index (χ1n) is 9.34. The summed E-state index contributed by atoms with van der Waals surface area (Å²) in [5.74, 6) is -0.387. The summed E-state index contributed by atoms with van der Waals surface area (Å²) in [6.45, 7) is 0.618. The van der Waals surface area contributed by atoms with E-state index in [1.54, 1.807) is 17.6 Å². The minimum Gasteiger partial charge on any atom is -0.488 e. The van der Waals surface area contributed by atoms with Crippen LogP contribution in [0.4, 0.5) is 4.79 Å². The van der Waals surface area contributed by atoms with Crippen LogP contribution >= 0.6 is 0 Å². The van der Waals surface area contributed by atoms with Crippen LogP contribution in [0.1, 0.15) is 27.0 Å². The number of rotatable bonds is 8. The molecule has 0 unspecified atom stereocenters. The Morgan fingerprint density at radius 2 is 1.43 bits per heavy atom. The first-order chi connectivity index (χ1) is 14.7. The van der Waals surface area contributed by atoms with Gasteiger partial charge in [-0.15, -0.1) is 0 Å². The molecule has 0 radical (unpaired) electrons. The summed E-state index contributed by atoms with van der Waals surface area (Å²) in [6, 6.07) is 23.7. The average Bonchev–Trinajstić information content (AvgIpc) is 2.81. The van der Waals surface area contributed by atoms with E-state index in [-0.39, 0.29) is 25.3 Å². The first kappa shape index (κ1) is 20.9. The number of amides is 2. The molecule has 0 spiro atoms. The average molecular weight is 406 g/mol. The topological polar surface area (TPSA) is 96.9 Å². The molecule has 0 aromatic heterocycles. The quantitative estimate of drug-likeness (QED) is 0.390. The fourth-order valence-electron chi connectivity index (χ4n) is 2.73. The molecular formula is C23H22N2O5. The Labute approximate surface area is 174 Å². The van der Waals surface area contributed by atoms with Crippen LogP contribution in [0.15, 0.2) is 78.9 Å². The van der Waals surface area contributed by atoms with E-state index in [9.17, 15) is 9.59 Å². The lowest BCUT2D eigenvalue weighted by Gasteiger charge is -2.13. The third kappa shape index (κ3) is 6.08. The van der Waals surface area contributed by atoms with E-state index in [1.807, 2.05) is 60.7 Å². The number of carbonyl (C=O) groups excluding carboxylic acids is 2. The number of hydrogen-bond donors (Lipinski definition) is 3. The van der Waals surface area contributed by atoms with Gasteiger partial charge in [0.2, 0.25) is 0 Å². The molecule has 3 rings (SSSR count). The molecule has 154 valence electrons. The number of hydroxylamine groups is 1. The van der Waals surface area contributed by atoms with Gasteiger partial charge in [0.15, 0.2) is 0 Å². The number of ether oxygens (including phenoxy) is 2. The van der Waals surface area contributed by atoms with Crippen LogP contribution < -0.4 is 15.5 Å². The van der Waals surface area contributed by atoms with Crippen molar-refractivity contribution in [1.82, 2.24) is 10.8 Å². The molecule has 3 N–H and O–H groups in total. The maximum atomic E-state index is 11.9. The van der Waals surface area contributed by atoms with Crippen LogP contribution in [-0.4, -0.2) is 17.2 Å². The van der Waals surface area contributed by atoms with Crippen LogP contribution in [0.5, 0.6) is 5.75 Å². The second-order valence-electron chi connectivity index (χ2n) is 6.46. The Kier molecular flexibility index (Phi) is 7.40. The number of nitrogens with one attached hydrogen (secondary N) is 2. The smallest absolute Gasteiger partial charge is 0.407 e. The van der Waals surface area contributed by atoms with Crippen molar-refractivity contribution in [2.45, 2.75) is 19.8 Å². The van der Waals surface area contributed by atoms with Gasteiger partial charge in [0.05, 0.1) is 5.56 Å². The molecule has 2 amide bonds. The van der Waals surface area contributed by atoms with E-state index < -0.39 is 12.0 Å². The van der Waals surface area contributed by atoms with Crippen molar-refractivity contribution in [3.05, 3.63) is 101 Å². The summed E-state index contributed by atoms with van der Waals surface area (Å²) in [4.78, 5) is 23.9. The number of carbonyl (C=O) groups is 2. The fraction of sp³-hybridized carbons (Fsp3) is 0.130. The molecule has 0 fully saturated rings. The van der Waals surface area contributed by atoms with Gasteiger partial charge in [0.1, 0.15) is 19.0 Å². The highest BCUT2D eigenvalue weighted by Gasteiger charge is 2.14. The summed E-state index contributed by atoms with van der Waals surface area (Å²) in [6.07, 6.45) is -0.553. The van der Waals surface area contributed by atoms with Gasteiger partial charge in [-0.3, -0.25) is 10.0 Å². The van der Waals surface area contributed by atoms with E-state index in [4.69, 9.17) is 14.7 Å². The lowest BCUT2D eigenvalue weighted by Crippen LogP contribution is -2.24. The fourth-order valence-corrected chi connectivity index (χ4v) is 2.73.